The van der Waals surface area contributed by atoms with E-state index in [0.29, 0.717) is 5.78 Å². The third kappa shape index (κ3) is 23.1. The topological polar surface area (TPSA) is 214 Å². The normalized spacial score (nSPS) is 20.1. The van der Waals surface area contributed by atoms with Gasteiger partial charge >= 0.3 is 46.8 Å². The van der Waals surface area contributed by atoms with Crippen molar-refractivity contribution in [2.45, 2.75) is 58.8 Å². The molecule has 0 amide bonds. The fourth-order valence-corrected chi connectivity index (χ4v) is 3.97. The summed E-state index contributed by atoms with van der Waals surface area (Å²) in [5, 5.41) is 12.5. The van der Waals surface area contributed by atoms with Crippen LogP contribution in [0.25, 0.3) is 0 Å². The molecule has 14 nitrogen and oxygen atoms in total. The van der Waals surface area contributed by atoms with Gasteiger partial charge in [0.15, 0.2) is 0 Å². The summed E-state index contributed by atoms with van der Waals surface area (Å²) in [6, 6.07) is 0. The minimum atomic E-state index is -0.222. The summed E-state index contributed by atoms with van der Waals surface area (Å²) >= 11 is -0.222. The van der Waals surface area contributed by atoms with Gasteiger partial charge in [-0.2, -0.15) is 15.3 Å². The first-order valence-corrected chi connectivity index (χ1v) is 15.2. The van der Waals surface area contributed by atoms with E-state index in [0.717, 1.165) is 109 Å². The predicted molar refractivity (Wildman–Crippen MR) is 168 cm³/mol. The Hall–Kier alpha value is -0.469. The summed E-state index contributed by atoms with van der Waals surface area (Å²) < 4.78 is 8.44. The molecule has 4 saturated heterocycles. The second kappa shape index (κ2) is 30.0. The quantitative estimate of drug-likeness (QED) is 0.132. The second-order valence-corrected chi connectivity index (χ2v) is 9.78. The fraction of sp³-hybridized carbons (Fsp3) is 0.840. The van der Waals surface area contributed by atoms with Crippen LogP contribution in [0.4, 0.5) is 0 Å². The van der Waals surface area contributed by atoms with Gasteiger partial charge in [0.2, 0.25) is 0 Å². The molecule has 0 spiro atoms. The number of rotatable bonds is 1. The van der Waals surface area contributed by atoms with Crippen LogP contribution < -0.4 is 29.2 Å². The molecule has 4 aliphatic rings. The molecular formula is C25H58BaN12O2. The van der Waals surface area contributed by atoms with E-state index < -0.39 is 0 Å². The molecule has 0 aromatic carbocycles. The van der Waals surface area contributed by atoms with Crippen molar-refractivity contribution in [1.82, 2.24) is 19.6 Å². The Bertz CT molecular complexity index is 654. The van der Waals surface area contributed by atoms with Crippen molar-refractivity contribution in [3.05, 3.63) is 0 Å². The Balaban J connectivity index is -0.000000491. The number of hydrogen-bond donors (Lipinski definition) is 5. The van der Waals surface area contributed by atoms with Gasteiger partial charge in [0.25, 0.3) is 0 Å². The number of carbonyl (C=O) groups excluding carboxylic acids is 1. The van der Waals surface area contributed by atoms with Gasteiger partial charge in [0.1, 0.15) is 5.78 Å². The fourth-order valence-electron chi connectivity index (χ4n) is 3.97. The number of hydrazine groups is 2. The zero-order chi connectivity index (χ0) is 30.1. The van der Waals surface area contributed by atoms with Crippen LogP contribution in [0.5, 0.6) is 0 Å². The number of nitrogens with zero attached hydrogens (tertiary/aromatic N) is 7. The molecule has 232 valence electrons. The number of ketones is 1. The molecule has 0 atom stereocenters. The van der Waals surface area contributed by atoms with E-state index in [4.69, 9.17) is 5.88 Å². The Morgan fingerprint density at radius 3 is 0.975 bits per heavy atom. The third-order valence-electron chi connectivity index (χ3n) is 6.75. The molecule has 4 fully saturated rings. The van der Waals surface area contributed by atoms with Crippen LogP contribution >= 0.6 is 0 Å². The number of hydrogen-bond acceptors (Lipinski definition) is 14. The zero-order valence-corrected chi connectivity index (χ0v) is 29.3. The Morgan fingerprint density at radius 1 is 0.525 bits per heavy atom. The molecule has 10 N–H and O–H groups in total. The SMILES string of the molecule is C.CN1CCC(=NN)CC1.CN1CCC(=NN=C2CCN(C)CC2)CC1.CN1CCC(=O)CC1.NN.NN.[O]=[Ba]. The second-order valence-electron chi connectivity index (χ2n) is 9.78. The van der Waals surface area contributed by atoms with E-state index in [9.17, 15) is 4.79 Å². The first-order chi connectivity index (χ1) is 18.9. The van der Waals surface area contributed by atoms with Crippen molar-refractivity contribution in [2.24, 2.45) is 44.5 Å². The van der Waals surface area contributed by atoms with Gasteiger partial charge in [-0.05, 0) is 28.2 Å². The number of piperidine rings is 4. The van der Waals surface area contributed by atoms with Crippen LogP contribution in [0, 0.1) is 0 Å². The predicted octanol–water partition coefficient (Wildman–Crippen LogP) is -0.683. The summed E-state index contributed by atoms with van der Waals surface area (Å²) in [6.07, 6.45) is 7.98. The molecule has 0 aromatic heterocycles. The van der Waals surface area contributed by atoms with E-state index in [1.54, 1.807) is 0 Å². The van der Waals surface area contributed by atoms with Crippen LogP contribution in [0.15, 0.2) is 15.3 Å². The maximum atomic E-state index is 10.6. The molecule has 4 heterocycles. The summed E-state index contributed by atoms with van der Waals surface area (Å²) in [7, 11) is 8.50. The number of nitrogens with two attached hydrogens (primary N) is 5. The monoisotopic (exact) mass is 696 g/mol. The van der Waals surface area contributed by atoms with Gasteiger partial charge < -0.3 is 25.4 Å². The molecular weight excluding hydrogens is 638 g/mol. The van der Waals surface area contributed by atoms with Crippen molar-refractivity contribution in [3.8, 4) is 0 Å². The first-order valence-electron chi connectivity index (χ1n) is 13.4. The average Bonchev–Trinajstić information content (AvgIpc) is 2.99. The minimum absolute atomic E-state index is 0. The van der Waals surface area contributed by atoms with E-state index in [2.05, 4.69) is 79.4 Å². The summed E-state index contributed by atoms with van der Waals surface area (Å²) in [5.41, 5.74) is 3.72. The van der Waals surface area contributed by atoms with Crippen molar-refractivity contribution >= 4 is 69.6 Å². The first kappa shape index (κ1) is 44.0. The Labute approximate surface area is 275 Å². The van der Waals surface area contributed by atoms with Crippen LogP contribution in [0.3, 0.4) is 0 Å². The van der Waals surface area contributed by atoms with E-state index in [-0.39, 0.29) is 54.1 Å². The molecule has 4 rings (SSSR count). The average molecular weight is 696 g/mol. The van der Waals surface area contributed by atoms with Crippen molar-refractivity contribution in [2.75, 3.05) is 80.5 Å². The van der Waals surface area contributed by atoms with Gasteiger partial charge in [-0.3, -0.25) is 28.2 Å². The number of carbonyl (C=O) groups is 1. The van der Waals surface area contributed by atoms with Crippen molar-refractivity contribution < 1.29 is 4.83 Å². The standard InChI is InChI=1S/C12H22N4.C6H13N3.C6H11NO.CH4.Ba.2H4N2.O/c1-15-7-3-11(4-8-15)13-14-12-5-9-16(2)10-6-12;1-9-4-2-6(8-7)3-5-9;1-7-4-2-6(8)3-5-7;;;2*1-2;/h3-10H2,1-2H3;2-5,7H2,1H3;2-5H2,1H3;1H4;;2*1-2H2;. The summed E-state index contributed by atoms with van der Waals surface area (Å²) in [5.74, 6) is 21.5. The summed E-state index contributed by atoms with van der Waals surface area (Å²) in [4.78, 5) is 19.7. The van der Waals surface area contributed by atoms with Gasteiger partial charge in [0, 0.05) is 121 Å². The van der Waals surface area contributed by atoms with E-state index in [1.807, 2.05) is 7.05 Å². The van der Waals surface area contributed by atoms with Crippen LogP contribution in [0.1, 0.15) is 58.8 Å². The Morgan fingerprint density at radius 2 is 0.750 bits per heavy atom. The van der Waals surface area contributed by atoms with Crippen molar-refractivity contribution in [3.63, 3.8) is 0 Å². The molecule has 4 aliphatic heterocycles. The van der Waals surface area contributed by atoms with Gasteiger partial charge in [-0.25, -0.2) is 0 Å². The Kier molecular flexibility index (Phi) is 33.0. The third-order valence-corrected chi connectivity index (χ3v) is 6.75. The van der Waals surface area contributed by atoms with Crippen LogP contribution in [0.2, 0.25) is 0 Å². The van der Waals surface area contributed by atoms with E-state index >= 15 is 0 Å². The van der Waals surface area contributed by atoms with Gasteiger partial charge in [0.05, 0.1) is 0 Å². The van der Waals surface area contributed by atoms with Crippen LogP contribution in [-0.4, -0.2) is 170 Å². The molecule has 40 heavy (non-hydrogen) atoms. The van der Waals surface area contributed by atoms with Crippen LogP contribution in [-0.2, 0) is 4.83 Å². The molecule has 15 heteroatoms. The molecule has 0 aliphatic carbocycles. The van der Waals surface area contributed by atoms with Crippen molar-refractivity contribution in [1.29, 1.82) is 0 Å². The van der Waals surface area contributed by atoms with Gasteiger partial charge in [-0.1, -0.05) is 7.43 Å². The summed E-state index contributed by atoms with van der Waals surface area (Å²) in [6.45, 7) is 8.65. The molecule has 0 radical (unpaired) electrons. The zero-order valence-electron chi connectivity index (χ0n) is 24.9. The number of likely N-dealkylation sites (tertiary alicyclic amines) is 4. The van der Waals surface area contributed by atoms with E-state index in [1.165, 1.54) is 11.4 Å². The molecule has 0 bridgehead atoms. The number of hydrazone groups is 1. The molecule has 0 saturated carbocycles. The van der Waals surface area contributed by atoms with Gasteiger partial charge in [-0.15, -0.1) is 0 Å². The molecule has 0 aromatic rings. The molecule has 0 unspecified atom stereocenters. The number of Topliss-reactive ketones (excluding diaryl/α,β-unsaturated/α-hetero) is 1. The maximum absolute atomic E-state index is 10.6.